The molecule has 0 aliphatic carbocycles. The predicted molar refractivity (Wildman–Crippen MR) is 85.2 cm³/mol. The maximum Gasteiger partial charge on any atom is 0.293 e. The van der Waals surface area contributed by atoms with Crippen LogP contribution in [0.1, 0.15) is 21.6 Å². The van der Waals surface area contributed by atoms with Gasteiger partial charge in [0, 0.05) is 29.8 Å². The zero-order valence-electron chi connectivity index (χ0n) is 13.0. The molecule has 0 unspecified atom stereocenters. The van der Waals surface area contributed by atoms with Crippen LogP contribution in [-0.2, 0) is 13.0 Å². The van der Waals surface area contributed by atoms with E-state index in [4.69, 9.17) is 5.21 Å². The molecule has 0 aliphatic rings. The summed E-state index contributed by atoms with van der Waals surface area (Å²) in [5.41, 5.74) is 3.20. The monoisotopic (exact) mass is 347 g/mol. The minimum Gasteiger partial charge on any atom is -0.396 e. The number of rotatable bonds is 5. The lowest BCUT2D eigenvalue weighted by molar-refractivity contribution is 0.0701. The molecule has 2 heterocycles. The lowest BCUT2D eigenvalue weighted by Crippen LogP contribution is -2.19. The van der Waals surface area contributed by atoms with Gasteiger partial charge in [0.25, 0.3) is 5.91 Å². The van der Waals surface area contributed by atoms with Gasteiger partial charge in [0.05, 0.1) is 18.3 Å². The number of benzene rings is 1. The van der Waals surface area contributed by atoms with Crippen LogP contribution in [0.2, 0.25) is 0 Å². The molecular weight excluding hydrogens is 332 g/mol. The van der Waals surface area contributed by atoms with E-state index in [0.29, 0.717) is 22.9 Å². The SMILES string of the molecule is O=C(NO)c1cc2c(CCO)cn(Cc3ccc(F)cc3F)c2cn1. The van der Waals surface area contributed by atoms with Crippen molar-refractivity contribution in [3.8, 4) is 0 Å². The van der Waals surface area contributed by atoms with E-state index in [-0.39, 0.29) is 18.8 Å². The molecule has 3 aromatic rings. The summed E-state index contributed by atoms with van der Waals surface area (Å²) in [5.74, 6) is -2.06. The molecule has 0 aliphatic heterocycles. The molecule has 6 nitrogen and oxygen atoms in total. The van der Waals surface area contributed by atoms with E-state index < -0.39 is 17.5 Å². The van der Waals surface area contributed by atoms with E-state index >= 15 is 0 Å². The topological polar surface area (TPSA) is 87.4 Å². The van der Waals surface area contributed by atoms with E-state index in [1.807, 2.05) is 0 Å². The quantitative estimate of drug-likeness (QED) is 0.487. The molecule has 3 rings (SSSR count). The molecule has 2 aromatic heterocycles. The number of pyridine rings is 1. The number of halogens is 2. The zero-order valence-corrected chi connectivity index (χ0v) is 13.0. The Balaban J connectivity index is 2.07. The van der Waals surface area contributed by atoms with E-state index in [1.165, 1.54) is 29.9 Å². The van der Waals surface area contributed by atoms with Crippen LogP contribution in [0, 0.1) is 11.6 Å². The number of nitrogens with zero attached hydrogens (tertiary/aromatic N) is 2. The highest BCUT2D eigenvalue weighted by Gasteiger charge is 2.14. The van der Waals surface area contributed by atoms with Crippen molar-refractivity contribution >= 4 is 16.8 Å². The minimum absolute atomic E-state index is 0.0138. The van der Waals surface area contributed by atoms with Gasteiger partial charge in [-0.3, -0.25) is 10.0 Å². The van der Waals surface area contributed by atoms with Crippen LogP contribution in [0.15, 0.2) is 36.7 Å². The van der Waals surface area contributed by atoms with Crippen molar-refractivity contribution in [2.45, 2.75) is 13.0 Å². The standard InChI is InChI=1S/C17H15F2N3O3/c18-12-2-1-11(14(19)5-12)9-22-8-10(3-4-23)13-6-15(17(24)21-25)20-7-16(13)22/h1-2,5-8,23,25H,3-4,9H2,(H,21,24). The minimum atomic E-state index is -0.755. The second-order valence-corrected chi connectivity index (χ2v) is 5.52. The summed E-state index contributed by atoms with van der Waals surface area (Å²) in [6.07, 6.45) is 3.49. The second-order valence-electron chi connectivity index (χ2n) is 5.52. The smallest absolute Gasteiger partial charge is 0.293 e. The number of carbonyl (C=O) groups is 1. The van der Waals surface area contributed by atoms with Crippen molar-refractivity contribution in [2.24, 2.45) is 0 Å². The van der Waals surface area contributed by atoms with Crippen molar-refractivity contribution in [1.29, 1.82) is 0 Å². The fourth-order valence-electron chi connectivity index (χ4n) is 2.73. The van der Waals surface area contributed by atoms with Crippen molar-refractivity contribution in [3.05, 3.63) is 65.1 Å². The largest absolute Gasteiger partial charge is 0.396 e. The maximum absolute atomic E-state index is 13.9. The Morgan fingerprint density at radius 1 is 1.24 bits per heavy atom. The Bertz CT molecular complexity index is 940. The third kappa shape index (κ3) is 3.35. The van der Waals surface area contributed by atoms with Crippen molar-refractivity contribution in [1.82, 2.24) is 15.0 Å². The Morgan fingerprint density at radius 3 is 2.72 bits per heavy atom. The van der Waals surface area contributed by atoms with Gasteiger partial charge in [-0.2, -0.15) is 0 Å². The predicted octanol–water partition coefficient (Wildman–Crippen LogP) is 2.02. The summed E-state index contributed by atoms with van der Waals surface area (Å²) in [4.78, 5) is 15.5. The fraction of sp³-hybridized carbons (Fsp3) is 0.176. The summed E-state index contributed by atoms with van der Waals surface area (Å²) >= 11 is 0. The van der Waals surface area contributed by atoms with Gasteiger partial charge in [-0.1, -0.05) is 6.07 Å². The Hall–Kier alpha value is -2.84. The summed E-state index contributed by atoms with van der Waals surface area (Å²) in [6.45, 7) is 0.0368. The first kappa shape index (κ1) is 17.0. The van der Waals surface area contributed by atoms with Gasteiger partial charge in [-0.15, -0.1) is 0 Å². The van der Waals surface area contributed by atoms with Crippen LogP contribution >= 0.6 is 0 Å². The molecule has 0 bridgehead atoms. The number of hydrogen-bond acceptors (Lipinski definition) is 4. The number of hydrogen-bond donors (Lipinski definition) is 3. The highest BCUT2D eigenvalue weighted by atomic mass is 19.1. The lowest BCUT2D eigenvalue weighted by Gasteiger charge is -2.07. The first-order chi connectivity index (χ1) is 12.0. The number of fused-ring (bicyclic) bond motifs is 1. The summed E-state index contributed by atoms with van der Waals surface area (Å²) < 4.78 is 28.7. The molecule has 0 radical (unpaired) electrons. The van der Waals surface area contributed by atoms with Crippen LogP contribution in [0.3, 0.4) is 0 Å². The number of nitrogens with one attached hydrogen (secondary N) is 1. The molecule has 130 valence electrons. The second kappa shape index (κ2) is 6.96. The first-order valence-electron chi connectivity index (χ1n) is 7.50. The van der Waals surface area contributed by atoms with E-state index in [2.05, 4.69) is 4.98 Å². The van der Waals surface area contributed by atoms with Gasteiger partial charge in [-0.25, -0.2) is 19.2 Å². The molecular formula is C17H15F2N3O3. The molecule has 1 amide bonds. The highest BCUT2D eigenvalue weighted by molar-refractivity contribution is 5.96. The molecule has 0 atom stereocenters. The van der Waals surface area contributed by atoms with Gasteiger partial charge in [-0.05, 0) is 24.1 Å². The number of aliphatic hydroxyl groups excluding tert-OH is 1. The average Bonchev–Trinajstić information content (AvgIpc) is 2.94. The Labute approximate surface area is 141 Å². The fourth-order valence-corrected chi connectivity index (χ4v) is 2.73. The van der Waals surface area contributed by atoms with Gasteiger partial charge in [0.1, 0.15) is 17.3 Å². The third-order valence-electron chi connectivity index (χ3n) is 3.92. The van der Waals surface area contributed by atoms with Crippen molar-refractivity contribution in [2.75, 3.05) is 6.61 Å². The molecule has 3 N–H and O–H groups in total. The number of aliphatic hydroxyl groups is 1. The van der Waals surface area contributed by atoms with Gasteiger partial charge in [0.15, 0.2) is 0 Å². The summed E-state index contributed by atoms with van der Waals surface area (Å²) in [7, 11) is 0. The van der Waals surface area contributed by atoms with Crippen LogP contribution < -0.4 is 5.48 Å². The van der Waals surface area contributed by atoms with Gasteiger partial charge in [0.2, 0.25) is 0 Å². The van der Waals surface area contributed by atoms with Gasteiger partial charge >= 0.3 is 0 Å². The first-order valence-corrected chi connectivity index (χ1v) is 7.50. The number of carbonyl (C=O) groups excluding carboxylic acids is 1. The lowest BCUT2D eigenvalue weighted by atomic mass is 10.1. The number of hydroxylamine groups is 1. The van der Waals surface area contributed by atoms with Crippen molar-refractivity contribution in [3.63, 3.8) is 0 Å². The molecule has 0 saturated carbocycles. The van der Waals surface area contributed by atoms with E-state index in [0.717, 1.165) is 11.6 Å². The summed E-state index contributed by atoms with van der Waals surface area (Å²) in [6, 6.07) is 4.85. The third-order valence-corrected chi connectivity index (χ3v) is 3.92. The van der Waals surface area contributed by atoms with Crippen LogP contribution in [-0.4, -0.2) is 32.4 Å². The zero-order chi connectivity index (χ0) is 18.0. The Morgan fingerprint density at radius 2 is 2.04 bits per heavy atom. The summed E-state index contributed by atoms with van der Waals surface area (Å²) in [5, 5.41) is 18.6. The van der Waals surface area contributed by atoms with E-state index in [9.17, 15) is 18.7 Å². The normalized spacial score (nSPS) is 11.0. The average molecular weight is 347 g/mol. The van der Waals surface area contributed by atoms with Crippen LogP contribution in [0.25, 0.3) is 10.9 Å². The van der Waals surface area contributed by atoms with Gasteiger partial charge < -0.3 is 9.67 Å². The molecule has 0 spiro atoms. The van der Waals surface area contributed by atoms with E-state index in [1.54, 1.807) is 10.8 Å². The maximum atomic E-state index is 13.9. The molecule has 0 fully saturated rings. The molecule has 1 aromatic carbocycles. The van der Waals surface area contributed by atoms with Crippen molar-refractivity contribution < 1.29 is 23.9 Å². The molecule has 0 saturated heterocycles. The number of aromatic nitrogens is 2. The van der Waals surface area contributed by atoms with Crippen LogP contribution in [0.5, 0.6) is 0 Å². The highest BCUT2D eigenvalue weighted by Crippen LogP contribution is 2.24. The number of amides is 1. The Kier molecular flexibility index (Phi) is 4.73. The molecule has 25 heavy (non-hydrogen) atoms. The van der Waals surface area contributed by atoms with Crippen LogP contribution in [0.4, 0.5) is 8.78 Å². The molecule has 8 heteroatoms.